The third-order valence-corrected chi connectivity index (χ3v) is 2.56. The van der Waals surface area contributed by atoms with Crippen molar-refractivity contribution in [1.82, 2.24) is 9.78 Å². The SMILES string of the molecule is N#Cc1ccc(-n2nc(Br)cc2C(N)=O)cc1. The molecule has 0 radical (unpaired) electrons. The molecule has 6 heteroatoms. The summed E-state index contributed by atoms with van der Waals surface area (Å²) in [4.78, 5) is 11.2. The first kappa shape index (κ1) is 11.4. The van der Waals surface area contributed by atoms with Gasteiger partial charge in [0, 0.05) is 6.07 Å². The van der Waals surface area contributed by atoms with E-state index in [9.17, 15) is 4.79 Å². The van der Waals surface area contributed by atoms with Gasteiger partial charge in [0.05, 0.1) is 17.3 Å². The number of primary amides is 1. The van der Waals surface area contributed by atoms with E-state index in [4.69, 9.17) is 11.0 Å². The van der Waals surface area contributed by atoms with Crippen LogP contribution in [0.1, 0.15) is 16.1 Å². The highest BCUT2D eigenvalue weighted by Crippen LogP contribution is 2.16. The number of carbonyl (C=O) groups is 1. The quantitative estimate of drug-likeness (QED) is 0.912. The van der Waals surface area contributed by atoms with Crippen LogP contribution in [0.3, 0.4) is 0 Å². The van der Waals surface area contributed by atoms with E-state index in [-0.39, 0.29) is 5.69 Å². The highest BCUT2D eigenvalue weighted by atomic mass is 79.9. The zero-order valence-corrected chi connectivity index (χ0v) is 10.2. The lowest BCUT2D eigenvalue weighted by Gasteiger charge is -2.04. The van der Waals surface area contributed by atoms with Crippen LogP contribution in [-0.4, -0.2) is 15.7 Å². The van der Waals surface area contributed by atoms with Gasteiger partial charge in [-0.15, -0.1) is 0 Å². The second-order valence-electron chi connectivity index (χ2n) is 3.29. The number of benzene rings is 1. The third kappa shape index (κ3) is 2.19. The number of nitrogens with zero attached hydrogens (tertiary/aromatic N) is 3. The minimum Gasteiger partial charge on any atom is -0.364 e. The topological polar surface area (TPSA) is 84.7 Å². The average Bonchev–Trinajstić information content (AvgIpc) is 2.72. The minimum absolute atomic E-state index is 0.279. The Morgan fingerprint density at radius 1 is 1.41 bits per heavy atom. The summed E-state index contributed by atoms with van der Waals surface area (Å²) in [6.07, 6.45) is 0. The van der Waals surface area contributed by atoms with E-state index in [2.05, 4.69) is 21.0 Å². The zero-order chi connectivity index (χ0) is 12.4. The van der Waals surface area contributed by atoms with Gasteiger partial charge in [0.1, 0.15) is 10.3 Å². The van der Waals surface area contributed by atoms with E-state index < -0.39 is 5.91 Å². The fourth-order valence-electron chi connectivity index (χ4n) is 1.40. The summed E-state index contributed by atoms with van der Waals surface area (Å²) >= 11 is 3.18. The Labute approximate surface area is 106 Å². The molecule has 84 valence electrons. The molecule has 1 aromatic heterocycles. The van der Waals surface area contributed by atoms with Crippen molar-refractivity contribution >= 4 is 21.8 Å². The molecule has 1 amide bonds. The number of aromatic nitrogens is 2. The van der Waals surface area contributed by atoms with Crippen molar-refractivity contribution in [3.05, 3.63) is 46.2 Å². The van der Waals surface area contributed by atoms with Crippen LogP contribution in [0, 0.1) is 11.3 Å². The fourth-order valence-corrected chi connectivity index (χ4v) is 1.78. The monoisotopic (exact) mass is 290 g/mol. The first-order chi connectivity index (χ1) is 8.11. The summed E-state index contributed by atoms with van der Waals surface area (Å²) < 4.78 is 1.95. The Bertz CT molecular complexity index is 609. The van der Waals surface area contributed by atoms with Crippen molar-refractivity contribution in [2.45, 2.75) is 0 Å². The average molecular weight is 291 g/mol. The van der Waals surface area contributed by atoms with Gasteiger partial charge in [-0.25, -0.2) is 4.68 Å². The molecule has 0 spiro atoms. The van der Waals surface area contributed by atoms with Gasteiger partial charge in [-0.1, -0.05) is 0 Å². The molecule has 0 fully saturated rings. The maximum atomic E-state index is 11.2. The van der Waals surface area contributed by atoms with Crippen LogP contribution in [0.15, 0.2) is 34.9 Å². The second kappa shape index (κ2) is 4.39. The van der Waals surface area contributed by atoms with Crippen molar-refractivity contribution in [3.8, 4) is 11.8 Å². The Hall–Kier alpha value is -2.13. The van der Waals surface area contributed by atoms with Crippen LogP contribution in [0.4, 0.5) is 0 Å². The van der Waals surface area contributed by atoms with Crippen molar-refractivity contribution in [2.75, 3.05) is 0 Å². The molecule has 0 aliphatic carbocycles. The third-order valence-electron chi connectivity index (χ3n) is 2.17. The normalized spacial score (nSPS) is 9.88. The highest BCUT2D eigenvalue weighted by Gasteiger charge is 2.12. The van der Waals surface area contributed by atoms with Gasteiger partial charge < -0.3 is 5.73 Å². The van der Waals surface area contributed by atoms with Crippen LogP contribution in [0.25, 0.3) is 5.69 Å². The minimum atomic E-state index is -0.562. The highest BCUT2D eigenvalue weighted by molar-refractivity contribution is 9.10. The van der Waals surface area contributed by atoms with E-state index in [0.29, 0.717) is 15.9 Å². The molecule has 1 aromatic carbocycles. The lowest BCUT2D eigenvalue weighted by atomic mass is 10.2. The van der Waals surface area contributed by atoms with Crippen LogP contribution in [0.2, 0.25) is 0 Å². The van der Waals surface area contributed by atoms with Crippen LogP contribution >= 0.6 is 15.9 Å². The van der Waals surface area contributed by atoms with Gasteiger partial charge in [0.25, 0.3) is 5.91 Å². The first-order valence-electron chi connectivity index (χ1n) is 4.67. The van der Waals surface area contributed by atoms with Crippen LogP contribution in [-0.2, 0) is 0 Å². The predicted molar refractivity (Wildman–Crippen MR) is 64.5 cm³/mol. The molecule has 5 nitrogen and oxygen atoms in total. The molecule has 0 saturated carbocycles. The smallest absolute Gasteiger partial charge is 0.267 e. The second-order valence-corrected chi connectivity index (χ2v) is 4.10. The lowest BCUT2D eigenvalue weighted by molar-refractivity contribution is 0.0993. The van der Waals surface area contributed by atoms with Gasteiger partial charge in [-0.2, -0.15) is 10.4 Å². The van der Waals surface area contributed by atoms with Gasteiger partial charge in [0.2, 0.25) is 0 Å². The maximum absolute atomic E-state index is 11.2. The number of nitrogens with two attached hydrogens (primary N) is 1. The van der Waals surface area contributed by atoms with Crippen LogP contribution in [0.5, 0.6) is 0 Å². The molecule has 17 heavy (non-hydrogen) atoms. The Morgan fingerprint density at radius 3 is 2.59 bits per heavy atom. The van der Waals surface area contributed by atoms with Crippen molar-refractivity contribution in [1.29, 1.82) is 5.26 Å². The molecule has 0 aliphatic rings. The first-order valence-corrected chi connectivity index (χ1v) is 5.47. The summed E-state index contributed by atoms with van der Waals surface area (Å²) in [7, 11) is 0. The summed E-state index contributed by atoms with van der Waals surface area (Å²) in [6.45, 7) is 0. The van der Waals surface area contributed by atoms with Gasteiger partial charge >= 0.3 is 0 Å². The molecule has 2 N–H and O–H groups in total. The number of hydrogen-bond acceptors (Lipinski definition) is 3. The summed E-state index contributed by atoms with van der Waals surface area (Å²) in [5.41, 5.74) is 6.74. The van der Waals surface area contributed by atoms with E-state index in [0.717, 1.165) is 0 Å². The van der Waals surface area contributed by atoms with Gasteiger partial charge in [-0.05, 0) is 40.2 Å². The van der Waals surface area contributed by atoms with E-state index in [1.165, 1.54) is 4.68 Å². The Balaban J connectivity index is 2.52. The Kier molecular flexibility index (Phi) is 2.93. The number of hydrogen-bond donors (Lipinski definition) is 1. The number of nitriles is 1. The predicted octanol–water partition coefficient (Wildman–Crippen LogP) is 1.61. The zero-order valence-electron chi connectivity index (χ0n) is 8.59. The van der Waals surface area contributed by atoms with Crippen LogP contribution < -0.4 is 5.73 Å². The summed E-state index contributed by atoms with van der Waals surface area (Å²) in [6, 6.07) is 10.3. The van der Waals surface area contributed by atoms with E-state index >= 15 is 0 Å². The Morgan fingerprint density at radius 2 is 2.06 bits per heavy atom. The number of rotatable bonds is 2. The molecule has 0 atom stereocenters. The van der Waals surface area contributed by atoms with Crippen molar-refractivity contribution in [2.24, 2.45) is 5.73 Å². The summed E-state index contributed by atoms with van der Waals surface area (Å²) in [5, 5.41) is 12.8. The number of carbonyl (C=O) groups excluding carboxylic acids is 1. The lowest BCUT2D eigenvalue weighted by Crippen LogP contribution is -2.16. The molecule has 0 saturated heterocycles. The van der Waals surface area contributed by atoms with E-state index in [1.54, 1.807) is 30.3 Å². The number of halogens is 1. The maximum Gasteiger partial charge on any atom is 0.267 e. The van der Waals surface area contributed by atoms with Crippen molar-refractivity contribution in [3.63, 3.8) is 0 Å². The molecule has 0 bridgehead atoms. The van der Waals surface area contributed by atoms with Gasteiger partial charge in [0.15, 0.2) is 0 Å². The van der Waals surface area contributed by atoms with Gasteiger partial charge in [-0.3, -0.25) is 4.79 Å². The largest absolute Gasteiger partial charge is 0.364 e. The molecular weight excluding hydrogens is 284 g/mol. The molecule has 2 aromatic rings. The van der Waals surface area contributed by atoms with E-state index in [1.807, 2.05) is 6.07 Å². The molecular formula is C11H7BrN4O. The molecule has 0 aliphatic heterocycles. The standard InChI is InChI=1S/C11H7BrN4O/c12-10-5-9(11(14)17)16(15-10)8-3-1-7(6-13)2-4-8/h1-5H,(H2,14,17). The molecule has 2 rings (SSSR count). The number of amides is 1. The van der Waals surface area contributed by atoms with Crippen molar-refractivity contribution < 1.29 is 4.79 Å². The molecule has 1 heterocycles. The summed E-state index contributed by atoms with van der Waals surface area (Å²) in [5.74, 6) is -0.562. The fraction of sp³-hybridized carbons (Fsp3) is 0. The molecule has 0 unspecified atom stereocenters.